The van der Waals surface area contributed by atoms with Gasteiger partial charge in [-0.25, -0.2) is 14.8 Å². The zero-order valence-corrected chi connectivity index (χ0v) is 18.7. The summed E-state index contributed by atoms with van der Waals surface area (Å²) in [6.07, 6.45) is -5.82. The van der Waals surface area contributed by atoms with Crippen LogP contribution in [0.2, 0.25) is 5.02 Å². The van der Waals surface area contributed by atoms with Crippen LogP contribution in [0.5, 0.6) is 0 Å². The average molecular weight is 502 g/mol. The van der Waals surface area contributed by atoms with Gasteiger partial charge in [0.25, 0.3) is 5.91 Å². The minimum Gasteiger partial charge on any atom is -0.368 e. The maximum atomic E-state index is 12.6. The highest BCUT2D eigenvalue weighted by atomic mass is 35.5. The molecular formula is C21H23ClF3N5O4. The van der Waals surface area contributed by atoms with Gasteiger partial charge in [-0.2, -0.15) is 0 Å². The van der Waals surface area contributed by atoms with E-state index in [9.17, 15) is 22.8 Å². The average Bonchev–Trinajstić information content (AvgIpc) is 2.75. The fourth-order valence-electron chi connectivity index (χ4n) is 3.72. The molecule has 1 aliphatic carbocycles. The van der Waals surface area contributed by atoms with Gasteiger partial charge in [-0.1, -0.05) is 11.6 Å². The predicted molar refractivity (Wildman–Crippen MR) is 117 cm³/mol. The van der Waals surface area contributed by atoms with Crippen LogP contribution in [0.1, 0.15) is 12.8 Å². The quantitative estimate of drug-likeness (QED) is 0.631. The highest BCUT2D eigenvalue weighted by molar-refractivity contribution is 6.31. The summed E-state index contributed by atoms with van der Waals surface area (Å²) in [5.74, 6) is 0.0186. The summed E-state index contributed by atoms with van der Waals surface area (Å²) in [7, 11) is 0. The number of carbonyl (C=O) groups excluding carboxylic acids is 2. The molecule has 1 aromatic carbocycles. The van der Waals surface area contributed by atoms with Crippen molar-refractivity contribution in [3.05, 3.63) is 35.4 Å². The normalized spacial score (nSPS) is 21.2. The van der Waals surface area contributed by atoms with Gasteiger partial charge in [0.05, 0.1) is 17.7 Å². The van der Waals surface area contributed by atoms with Crippen LogP contribution in [0.3, 0.4) is 0 Å². The van der Waals surface area contributed by atoms with Crippen LogP contribution in [-0.2, 0) is 14.3 Å². The maximum Gasteiger partial charge on any atom is 0.522 e. The SMILES string of the molecule is O=C(CO[C@H]1C[C@@H](OC(F)(F)F)C1)NN1CCN(C(=O)Nc2ccc3cc(Cl)ccc3n2)CC1. The van der Waals surface area contributed by atoms with E-state index in [1.54, 1.807) is 34.2 Å². The minimum atomic E-state index is -4.66. The number of alkyl halides is 3. The first kappa shape index (κ1) is 24.5. The third-order valence-electron chi connectivity index (χ3n) is 5.54. The minimum absolute atomic E-state index is 0.0976. The van der Waals surface area contributed by atoms with Gasteiger partial charge in [0.15, 0.2) is 0 Å². The van der Waals surface area contributed by atoms with Crippen LogP contribution in [0.4, 0.5) is 23.8 Å². The summed E-state index contributed by atoms with van der Waals surface area (Å²) in [4.78, 5) is 30.6. The predicted octanol–water partition coefficient (Wildman–Crippen LogP) is 3.15. The zero-order valence-electron chi connectivity index (χ0n) is 18.0. The van der Waals surface area contributed by atoms with Gasteiger partial charge in [0, 0.05) is 49.4 Å². The van der Waals surface area contributed by atoms with Crippen LogP contribution in [0.25, 0.3) is 10.9 Å². The van der Waals surface area contributed by atoms with Crippen LogP contribution < -0.4 is 10.7 Å². The number of amides is 3. The van der Waals surface area contributed by atoms with Gasteiger partial charge in [-0.3, -0.25) is 20.3 Å². The summed E-state index contributed by atoms with van der Waals surface area (Å²) in [5, 5.41) is 5.92. The van der Waals surface area contributed by atoms with E-state index < -0.39 is 24.5 Å². The molecule has 1 saturated heterocycles. The second-order valence-electron chi connectivity index (χ2n) is 8.06. The molecule has 1 saturated carbocycles. The Hall–Kier alpha value is -2.67. The summed E-state index contributed by atoms with van der Waals surface area (Å²) in [6.45, 7) is 1.33. The van der Waals surface area contributed by atoms with E-state index in [1.807, 2.05) is 6.07 Å². The van der Waals surface area contributed by atoms with E-state index in [0.29, 0.717) is 42.5 Å². The lowest BCUT2D eigenvalue weighted by Crippen LogP contribution is -2.56. The number of hydrazine groups is 1. The number of hydrogen-bond donors (Lipinski definition) is 2. The topological polar surface area (TPSA) is 96.0 Å². The standard InChI is InChI=1S/C21H23ClF3N5O4/c22-14-2-3-17-13(9-14)1-4-18(26-17)27-20(32)29-5-7-30(8-6-29)28-19(31)12-33-15-10-16(11-15)34-21(23,24)25/h1-4,9,15-16H,5-8,10-12H2,(H,28,31)(H,26,27,32)/t15-,16+. The summed E-state index contributed by atoms with van der Waals surface area (Å²) in [5.41, 5.74) is 3.39. The third-order valence-corrected chi connectivity index (χ3v) is 5.77. The Labute approximate surface area is 198 Å². The number of piperazine rings is 1. The van der Waals surface area contributed by atoms with Crippen LogP contribution in [0.15, 0.2) is 30.3 Å². The first-order chi connectivity index (χ1) is 16.1. The first-order valence-corrected chi connectivity index (χ1v) is 11.1. The Morgan fingerprint density at radius 3 is 2.53 bits per heavy atom. The zero-order chi connectivity index (χ0) is 24.3. The first-order valence-electron chi connectivity index (χ1n) is 10.7. The van der Waals surface area contributed by atoms with Crippen LogP contribution in [0, 0.1) is 0 Å². The molecular weight excluding hydrogens is 479 g/mol. The Bertz CT molecular complexity index is 1040. The fraction of sp³-hybridized carbons (Fsp3) is 0.476. The molecule has 3 amide bonds. The molecule has 0 radical (unpaired) electrons. The van der Waals surface area contributed by atoms with Crippen molar-refractivity contribution in [1.29, 1.82) is 0 Å². The molecule has 2 heterocycles. The molecule has 2 aliphatic rings. The number of nitrogens with zero attached hydrogens (tertiary/aromatic N) is 3. The molecule has 9 nitrogen and oxygen atoms in total. The summed E-state index contributed by atoms with van der Waals surface area (Å²) in [6, 6.07) is 8.53. The monoisotopic (exact) mass is 501 g/mol. The Morgan fingerprint density at radius 2 is 1.82 bits per heavy atom. The van der Waals surface area contributed by atoms with Gasteiger partial charge < -0.3 is 9.64 Å². The highest BCUT2D eigenvalue weighted by Crippen LogP contribution is 2.32. The lowest BCUT2D eigenvalue weighted by Gasteiger charge is -2.36. The van der Waals surface area contributed by atoms with Gasteiger partial charge in [-0.05, 0) is 30.3 Å². The van der Waals surface area contributed by atoms with Crippen LogP contribution in [-0.4, -0.2) is 78.2 Å². The number of fused-ring (bicyclic) bond motifs is 1. The van der Waals surface area contributed by atoms with Crippen molar-refractivity contribution in [2.24, 2.45) is 0 Å². The second kappa shape index (κ2) is 10.3. The van der Waals surface area contributed by atoms with Gasteiger partial charge in [-0.15, -0.1) is 13.2 Å². The highest BCUT2D eigenvalue weighted by Gasteiger charge is 2.40. The van der Waals surface area contributed by atoms with E-state index in [1.165, 1.54) is 0 Å². The smallest absolute Gasteiger partial charge is 0.368 e. The number of carbonyl (C=O) groups is 2. The number of nitrogens with one attached hydrogen (secondary N) is 2. The molecule has 2 N–H and O–H groups in total. The van der Waals surface area contributed by atoms with Crippen molar-refractivity contribution in [2.75, 3.05) is 38.1 Å². The molecule has 1 aromatic heterocycles. The van der Waals surface area contributed by atoms with Gasteiger partial charge in [0.2, 0.25) is 0 Å². The van der Waals surface area contributed by atoms with Gasteiger partial charge >= 0.3 is 12.4 Å². The number of halogens is 4. The number of urea groups is 1. The van der Waals surface area contributed by atoms with E-state index in [4.69, 9.17) is 16.3 Å². The van der Waals surface area contributed by atoms with Crippen molar-refractivity contribution in [2.45, 2.75) is 31.4 Å². The largest absolute Gasteiger partial charge is 0.522 e. The molecule has 13 heteroatoms. The van der Waals surface area contributed by atoms with E-state index in [-0.39, 0.29) is 25.5 Å². The molecule has 184 valence electrons. The van der Waals surface area contributed by atoms with Crippen molar-refractivity contribution in [3.8, 4) is 0 Å². The Balaban J connectivity index is 1.15. The van der Waals surface area contributed by atoms with Gasteiger partial charge in [0.1, 0.15) is 12.4 Å². The molecule has 2 fully saturated rings. The maximum absolute atomic E-state index is 12.6. The number of hydrogen-bond acceptors (Lipinski definition) is 6. The number of aromatic nitrogens is 1. The number of benzene rings is 1. The molecule has 2 aromatic rings. The van der Waals surface area contributed by atoms with Crippen LogP contribution >= 0.6 is 11.6 Å². The van der Waals surface area contributed by atoms with Crippen molar-refractivity contribution >= 4 is 40.3 Å². The van der Waals surface area contributed by atoms with Crippen molar-refractivity contribution in [3.63, 3.8) is 0 Å². The molecule has 0 atom stereocenters. The van der Waals surface area contributed by atoms with E-state index in [2.05, 4.69) is 20.5 Å². The summed E-state index contributed by atoms with van der Waals surface area (Å²) >= 11 is 5.97. The third kappa shape index (κ3) is 6.69. The molecule has 0 bridgehead atoms. The Morgan fingerprint density at radius 1 is 1.09 bits per heavy atom. The lowest BCUT2D eigenvalue weighted by molar-refractivity contribution is -0.357. The second-order valence-corrected chi connectivity index (χ2v) is 8.50. The molecule has 0 spiro atoms. The fourth-order valence-corrected chi connectivity index (χ4v) is 3.90. The molecule has 34 heavy (non-hydrogen) atoms. The summed E-state index contributed by atoms with van der Waals surface area (Å²) < 4.78 is 45.5. The lowest BCUT2D eigenvalue weighted by atomic mass is 9.92. The van der Waals surface area contributed by atoms with E-state index in [0.717, 1.165) is 5.39 Å². The number of anilines is 1. The molecule has 0 unspecified atom stereocenters. The molecule has 1 aliphatic heterocycles. The Kier molecular flexibility index (Phi) is 7.41. The van der Waals surface area contributed by atoms with Crippen molar-refractivity contribution < 1.29 is 32.2 Å². The molecule has 4 rings (SSSR count). The van der Waals surface area contributed by atoms with Crippen molar-refractivity contribution in [1.82, 2.24) is 20.3 Å². The number of ether oxygens (including phenoxy) is 2. The number of rotatable bonds is 6. The number of pyridine rings is 1. The van der Waals surface area contributed by atoms with E-state index >= 15 is 0 Å².